The summed E-state index contributed by atoms with van der Waals surface area (Å²) in [7, 11) is 0. The molecule has 0 amide bonds. The lowest BCUT2D eigenvalue weighted by atomic mass is 9.86. The molecule has 1 aliphatic carbocycles. The highest BCUT2D eigenvalue weighted by atomic mass is 19.3. The molecule has 0 aromatic carbocycles. The van der Waals surface area contributed by atoms with Crippen LogP contribution in [0.1, 0.15) is 102 Å². The number of halogens is 5. The fourth-order valence-corrected chi connectivity index (χ4v) is 4.89. The van der Waals surface area contributed by atoms with Gasteiger partial charge in [-0.2, -0.15) is 17.6 Å². The minimum absolute atomic E-state index is 0.0196. The van der Waals surface area contributed by atoms with Crippen molar-refractivity contribution >= 4 is 0 Å². The second-order valence-electron chi connectivity index (χ2n) is 10.4. The summed E-state index contributed by atoms with van der Waals surface area (Å²) in [6.07, 6.45) is 7.27. The zero-order valence-corrected chi connectivity index (χ0v) is 23.1. The Labute approximate surface area is 228 Å². The largest absolute Gasteiger partial charge is 0.489 e. The van der Waals surface area contributed by atoms with Gasteiger partial charge in [-0.05, 0) is 49.4 Å². The molecule has 39 heavy (non-hydrogen) atoms. The molecular weight excluding hydrogens is 515 g/mol. The van der Waals surface area contributed by atoms with Crippen LogP contribution in [0.25, 0.3) is 11.4 Å². The van der Waals surface area contributed by atoms with E-state index in [1.54, 1.807) is 0 Å². The summed E-state index contributed by atoms with van der Waals surface area (Å²) in [6.45, 7) is 4.10. The number of alkyl halides is 3. The van der Waals surface area contributed by atoms with Gasteiger partial charge >= 0.3 is 5.92 Å². The van der Waals surface area contributed by atoms with Crippen molar-refractivity contribution in [3.05, 3.63) is 41.2 Å². The highest BCUT2D eigenvalue weighted by molar-refractivity contribution is 5.57. The molecule has 0 radical (unpaired) electrons. The van der Waals surface area contributed by atoms with Gasteiger partial charge in [0.15, 0.2) is 5.75 Å². The topological polar surface area (TPSA) is 44.2 Å². The highest BCUT2D eigenvalue weighted by Crippen LogP contribution is 2.44. The van der Waals surface area contributed by atoms with Gasteiger partial charge in [-0.1, -0.05) is 71.6 Å². The SMILES string of the molecule is CCCCCCCCOc1ccc(-c2cc3c(c(F)n2)C(F)(F)C(OCC(F)CCCCCC)CC3)nc1F. The van der Waals surface area contributed by atoms with Crippen molar-refractivity contribution in [3.63, 3.8) is 0 Å². The molecule has 1 aliphatic rings. The van der Waals surface area contributed by atoms with Crippen LogP contribution >= 0.6 is 0 Å². The van der Waals surface area contributed by atoms with Gasteiger partial charge in [-0.25, -0.2) is 14.4 Å². The first-order valence-electron chi connectivity index (χ1n) is 14.4. The summed E-state index contributed by atoms with van der Waals surface area (Å²) in [5, 5.41) is 0. The summed E-state index contributed by atoms with van der Waals surface area (Å²) < 4.78 is 84.8. The number of aryl methyl sites for hydroxylation is 1. The van der Waals surface area contributed by atoms with E-state index >= 15 is 8.78 Å². The van der Waals surface area contributed by atoms with E-state index < -0.39 is 42.3 Å². The average Bonchev–Trinajstić information content (AvgIpc) is 2.90. The Balaban J connectivity index is 1.61. The van der Waals surface area contributed by atoms with Crippen molar-refractivity contribution in [2.45, 2.75) is 116 Å². The second-order valence-corrected chi connectivity index (χ2v) is 10.4. The first-order chi connectivity index (χ1) is 18.8. The Bertz CT molecular complexity index is 1040. The number of nitrogens with zero attached hydrogens (tertiary/aromatic N) is 2. The normalized spacial score (nSPS) is 17.2. The number of ether oxygens (including phenoxy) is 2. The number of pyridine rings is 2. The molecule has 3 rings (SSSR count). The molecule has 218 valence electrons. The minimum Gasteiger partial charge on any atom is -0.489 e. The molecule has 0 spiro atoms. The molecule has 2 aromatic heterocycles. The maximum atomic E-state index is 15.2. The maximum Gasteiger partial charge on any atom is 0.303 e. The van der Waals surface area contributed by atoms with Crippen molar-refractivity contribution in [1.29, 1.82) is 0 Å². The molecule has 2 atom stereocenters. The van der Waals surface area contributed by atoms with E-state index in [0.717, 1.165) is 38.5 Å². The van der Waals surface area contributed by atoms with Gasteiger partial charge in [-0.15, -0.1) is 0 Å². The Morgan fingerprint density at radius 3 is 2.28 bits per heavy atom. The molecule has 0 fully saturated rings. The number of unbranched alkanes of at least 4 members (excludes halogenated alkanes) is 8. The quantitative estimate of drug-likeness (QED) is 0.111. The smallest absolute Gasteiger partial charge is 0.303 e. The van der Waals surface area contributed by atoms with Gasteiger partial charge in [0.1, 0.15) is 12.3 Å². The molecular formula is C30H41F5N2O2. The second kappa shape index (κ2) is 15.5. The molecule has 2 heterocycles. The van der Waals surface area contributed by atoms with Crippen LogP contribution < -0.4 is 4.74 Å². The Morgan fingerprint density at radius 1 is 0.897 bits per heavy atom. The van der Waals surface area contributed by atoms with Gasteiger partial charge in [-0.3, -0.25) is 0 Å². The number of hydrogen-bond donors (Lipinski definition) is 0. The Kier molecular flexibility index (Phi) is 12.4. The summed E-state index contributed by atoms with van der Waals surface area (Å²) in [5.41, 5.74) is -0.811. The highest BCUT2D eigenvalue weighted by Gasteiger charge is 2.49. The van der Waals surface area contributed by atoms with Crippen molar-refractivity contribution in [2.75, 3.05) is 13.2 Å². The van der Waals surface area contributed by atoms with Crippen molar-refractivity contribution < 1.29 is 31.4 Å². The number of rotatable bonds is 17. The van der Waals surface area contributed by atoms with Gasteiger partial charge in [0, 0.05) is 0 Å². The summed E-state index contributed by atoms with van der Waals surface area (Å²) >= 11 is 0. The molecule has 0 bridgehead atoms. The summed E-state index contributed by atoms with van der Waals surface area (Å²) in [4.78, 5) is 7.51. The molecule has 0 saturated heterocycles. The number of fused-ring (bicyclic) bond motifs is 1. The lowest BCUT2D eigenvalue weighted by Crippen LogP contribution is -2.40. The molecule has 2 unspecified atom stereocenters. The first-order valence-corrected chi connectivity index (χ1v) is 14.4. The van der Waals surface area contributed by atoms with E-state index in [4.69, 9.17) is 9.47 Å². The van der Waals surface area contributed by atoms with E-state index in [1.807, 2.05) is 6.92 Å². The third kappa shape index (κ3) is 8.85. The zero-order chi connectivity index (χ0) is 28.3. The van der Waals surface area contributed by atoms with Crippen LogP contribution in [0, 0.1) is 11.9 Å². The van der Waals surface area contributed by atoms with Gasteiger partial charge in [0.2, 0.25) is 5.95 Å². The van der Waals surface area contributed by atoms with Crippen molar-refractivity contribution in [1.82, 2.24) is 9.97 Å². The fourth-order valence-electron chi connectivity index (χ4n) is 4.89. The summed E-state index contributed by atoms with van der Waals surface area (Å²) in [5.74, 6) is -5.91. The van der Waals surface area contributed by atoms with Crippen LogP contribution in [0.15, 0.2) is 18.2 Å². The minimum atomic E-state index is -3.67. The van der Waals surface area contributed by atoms with Crippen LogP contribution in [0.4, 0.5) is 22.0 Å². The Hall–Kier alpha value is -2.29. The van der Waals surface area contributed by atoms with Crippen LogP contribution in [0.2, 0.25) is 0 Å². The van der Waals surface area contributed by atoms with Gasteiger partial charge < -0.3 is 9.47 Å². The van der Waals surface area contributed by atoms with Crippen LogP contribution in [-0.2, 0) is 17.1 Å². The molecule has 0 aliphatic heterocycles. The monoisotopic (exact) mass is 556 g/mol. The third-order valence-electron chi connectivity index (χ3n) is 7.15. The van der Waals surface area contributed by atoms with Crippen LogP contribution in [-0.4, -0.2) is 35.5 Å². The van der Waals surface area contributed by atoms with Crippen molar-refractivity contribution in [2.24, 2.45) is 0 Å². The molecule has 0 N–H and O–H groups in total. The predicted octanol–water partition coefficient (Wildman–Crippen LogP) is 8.89. The molecule has 0 saturated carbocycles. The van der Waals surface area contributed by atoms with Crippen LogP contribution in [0.5, 0.6) is 5.75 Å². The number of aromatic nitrogens is 2. The predicted molar refractivity (Wildman–Crippen MR) is 142 cm³/mol. The Morgan fingerprint density at radius 2 is 1.56 bits per heavy atom. The van der Waals surface area contributed by atoms with Gasteiger partial charge in [0.05, 0.1) is 30.2 Å². The first kappa shape index (κ1) is 31.2. The van der Waals surface area contributed by atoms with E-state index in [0.29, 0.717) is 13.0 Å². The van der Waals surface area contributed by atoms with E-state index in [-0.39, 0.29) is 42.0 Å². The van der Waals surface area contributed by atoms with Gasteiger partial charge in [0.25, 0.3) is 5.95 Å². The maximum absolute atomic E-state index is 15.2. The molecule has 9 heteroatoms. The fraction of sp³-hybridized carbons (Fsp3) is 0.667. The van der Waals surface area contributed by atoms with E-state index in [2.05, 4.69) is 16.9 Å². The molecule has 4 nitrogen and oxygen atoms in total. The lowest BCUT2D eigenvalue weighted by molar-refractivity contribution is -0.160. The van der Waals surface area contributed by atoms with E-state index in [1.165, 1.54) is 37.5 Å². The number of hydrogen-bond acceptors (Lipinski definition) is 4. The average molecular weight is 557 g/mol. The lowest BCUT2D eigenvalue weighted by Gasteiger charge is -2.33. The zero-order valence-electron chi connectivity index (χ0n) is 23.1. The molecule has 2 aromatic rings. The van der Waals surface area contributed by atoms with Crippen LogP contribution in [0.3, 0.4) is 0 Å². The standard InChI is InChI=1S/C30H41F5N2O2/c1-3-5-7-9-10-12-18-38-25-16-15-23(36-28(25)32)24-19-21-14-17-26(30(34,35)27(21)29(33)37-24)39-20-22(31)13-11-8-6-4-2/h15-16,19,22,26H,3-14,17-18,20H2,1-2H3. The van der Waals surface area contributed by atoms with Crippen molar-refractivity contribution in [3.8, 4) is 17.1 Å². The third-order valence-corrected chi connectivity index (χ3v) is 7.15. The summed E-state index contributed by atoms with van der Waals surface area (Å²) in [6, 6.07) is 4.14. The van der Waals surface area contributed by atoms with E-state index in [9.17, 15) is 13.2 Å².